The van der Waals surface area contributed by atoms with E-state index < -0.39 is 6.03 Å². The highest BCUT2D eigenvalue weighted by Gasteiger charge is 2.00. The van der Waals surface area contributed by atoms with E-state index in [9.17, 15) is 4.79 Å². The fourth-order valence-electron chi connectivity index (χ4n) is 0.818. The van der Waals surface area contributed by atoms with Gasteiger partial charge in [-0.05, 0) is 12.1 Å². The molecule has 4 N–H and O–H groups in total. The van der Waals surface area contributed by atoms with Gasteiger partial charge in [-0.15, -0.1) is 0 Å². The SMILES string of the molecule is CN=C(NC(N)=O)Nc1ccccn1. The van der Waals surface area contributed by atoms with Crippen LogP contribution in [0, 0.1) is 0 Å². The standard InChI is InChI=1S/C8H11N5O/c1-10-8(13-7(9)14)12-6-4-2-3-5-11-6/h2-5H,1H3,(H4,9,10,11,12,13,14). The molecule has 74 valence electrons. The number of amides is 2. The van der Waals surface area contributed by atoms with Crippen molar-refractivity contribution in [2.45, 2.75) is 0 Å². The normalized spacial score (nSPS) is 10.8. The van der Waals surface area contributed by atoms with Gasteiger partial charge in [0.15, 0.2) is 0 Å². The first-order valence-electron chi connectivity index (χ1n) is 3.93. The number of primary amides is 1. The van der Waals surface area contributed by atoms with Crippen LogP contribution in [0.4, 0.5) is 10.6 Å². The molecule has 0 bridgehead atoms. The third-order valence-electron chi connectivity index (χ3n) is 1.38. The van der Waals surface area contributed by atoms with Crippen LogP contribution in [0.2, 0.25) is 0 Å². The van der Waals surface area contributed by atoms with Crippen molar-refractivity contribution >= 4 is 17.8 Å². The predicted molar refractivity (Wildman–Crippen MR) is 53.9 cm³/mol. The quantitative estimate of drug-likeness (QED) is 0.437. The zero-order valence-electron chi connectivity index (χ0n) is 7.69. The van der Waals surface area contributed by atoms with Crippen molar-refractivity contribution in [3.05, 3.63) is 24.4 Å². The topological polar surface area (TPSA) is 92.4 Å². The zero-order valence-corrected chi connectivity index (χ0v) is 7.69. The van der Waals surface area contributed by atoms with Crippen molar-refractivity contribution in [1.82, 2.24) is 10.3 Å². The fourth-order valence-corrected chi connectivity index (χ4v) is 0.818. The second-order valence-corrected chi connectivity index (χ2v) is 2.40. The van der Waals surface area contributed by atoms with Crippen molar-refractivity contribution in [2.75, 3.05) is 12.4 Å². The number of anilines is 1. The summed E-state index contributed by atoms with van der Waals surface area (Å²) in [4.78, 5) is 18.3. The van der Waals surface area contributed by atoms with E-state index in [2.05, 4.69) is 20.6 Å². The van der Waals surface area contributed by atoms with Crippen LogP contribution in [0.5, 0.6) is 0 Å². The first kappa shape index (κ1) is 9.97. The van der Waals surface area contributed by atoms with E-state index in [4.69, 9.17) is 5.73 Å². The molecule has 14 heavy (non-hydrogen) atoms. The lowest BCUT2D eigenvalue weighted by molar-refractivity contribution is 0.253. The molecule has 0 aliphatic heterocycles. The number of carbonyl (C=O) groups is 1. The van der Waals surface area contributed by atoms with Gasteiger partial charge in [-0.25, -0.2) is 9.78 Å². The summed E-state index contributed by atoms with van der Waals surface area (Å²) < 4.78 is 0. The summed E-state index contributed by atoms with van der Waals surface area (Å²) in [5.41, 5.74) is 4.93. The number of nitrogens with one attached hydrogen (secondary N) is 2. The first-order chi connectivity index (χ1) is 6.72. The van der Waals surface area contributed by atoms with Crippen LogP contribution < -0.4 is 16.4 Å². The molecule has 0 radical (unpaired) electrons. The van der Waals surface area contributed by atoms with Gasteiger partial charge < -0.3 is 11.1 Å². The monoisotopic (exact) mass is 193 g/mol. The third kappa shape index (κ3) is 3.10. The molecule has 6 nitrogen and oxygen atoms in total. The molecule has 0 spiro atoms. The summed E-state index contributed by atoms with van der Waals surface area (Å²) in [6.07, 6.45) is 1.62. The van der Waals surface area contributed by atoms with Gasteiger partial charge in [0.1, 0.15) is 5.82 Å². The molecule has 1 rings (SSSR count). The number of carbonyl (C=O) groups excluding carboxylic acids is 1. The van der Waals surface area contributed by atoms with E-state index in [1.54, 1.807) is 18.3 Å². The molecule has 1 aromatic heterocycles. The Morgan fingerprint density at radius 3 is 2.86 bits per heavy atom. The first-order valence-corrected chi connectivity index (χ1v) is 3.93. The summed E-state index contributed by atoms with van der Waals surface area (Å²) in [5.74, 6) is 0.845. The molecule has 0 aliphatic carbocycles. The lowest BCUT2D eigenvalue weighted by Crippen LogP contribution is -2.39. The highest BCUT2D eigenvalue weighted by atomic mass is 16.2. The average molecular weight is 193 g/mol. The van der Waals surface area contributed by atoms with E-state index in [0.29, 0.717) is 5.82 Å². The molecular formula is C8H11N5O. The maximum atomic E-state index is 10.5. The molecule has 0 saturated carbocycles. The smallest absolute Gasteiger partial charge is 0.318 e. The lowest BCUT2D eigenvalue weighted by atomic mass is 10.5. The third-order valence-corrected chi connectivity index (χ3v) is 1.38. The summed E-state index contributed by atoms with van der Waals surface area (Å²) >= 11 is 0. The van der Waals surface area contributed by atoms with Crippen LogP contribution >= 0.6 is 0 Å². The average Bonchev–Trinajstić information content (AvgIpc) is 2.17. The minimum absolute atomic E-state index is 0.260. The molecule has 1 heterocycles. The molecule has 0 fully saturated rings. The van der Waals surface area contributed by atoms with Crippen LogP contribution in [0.1, 0.15) is 0 Å². The molecule has 1 aromatic rings. The Labute approximate surface area is 81.2 Å². The second kappa shape index (κ2) is 4.80. The highest BCUT2D eigenvalue weighted by Crippen LogP contribution is 1.98. The van der Waals surface area contributed by atoms with Crippen molar-refractivity contribution < 1.29 is 4.79 Å². The van der Waals surface area contributed by atoms with Gasteiger partial charge in [0.25, 0.3) is 0 Å². The van der Waals surface area contributed by atoms with Gasteiger partial charge in [-0.2, -0.15) is 0 Å². The summed E-state index contributed by atoms with van der Waals surface area (Å²) in [7, 11) is 1.53. The van der Waals surface area contributed by atoms with Gasteiger partial charge in [0.05, 0.1) is 0 Å². The maximum absolute atomic E-state index is 10.5. The number of nitrogens with two attached hydrogens (primary N) is 1. The molecule has 0 atom stereocenters. The molecular weight excluding hydrogens is 182 g/mol. The Morgan fingerprint density at radius 2 is 2.36 bits per heavy atom. The van der Waals surface area contributed by atoms with E-state index in [0.717, 1.165) is 0 Å². The number of guanidine groups is 1. The van der Waals surface area contributed by atoms with Gasteiger partial charge >= 0.3 is 6.03 Å². The van der Waals surface area contributed by atoms with Gasteiger partial charge in [-0.3, -0.25) is 10.3 Å². The maximum Gasteiger partial charge on any atom is 0.318 e. The number of nitrogens with zero attached hydrogens (tertiary/aromatic N) is 2. The zero-order chi connectivity index (χ0) is 10.4. The van der Waals surface area contributed by atoms with Crippen molar-refractivity contribution in [1.29, 1.82) is 0 Å². The summed E-state index contributed by atoms with van der Waals surface area (Å²) in [5, 5.41) is 5.10. The van der Waals surface area contributed by atoms with Crippen molar-refractivity contribution in [2.24, 2.45) is 10.7 Å². The van der Waals surface area contributed by atoms with Crippen LogP contribution in [0.15, 0.2) is 29.4 Å². The number of hydrogen-bond donors (Lipinski definition) is 3. The Bertz CT molecular complexity index is 335. The van der Waals surface area contributed by atoms with E-state index in [1.807, 2.05) is 6.07 Å². The Hall–Kier alpha value is -2.11. The van der Waals surface area contributed by atoms with E-state index in [-0.39, 0.29) is 5.96 Å². The molecule has 0 aromatic carbocycles. The number of aromatic nitrogens is 1. The number of aliphatic imine (C=N–C) groups is 1. The molecule has 2 amide bonds. The Kier molecular flexibility index (Phi) is 3.42. The van der Waals surface area contributed by atoms with Crippen LogP contribution in [-0.4, -0.2) is 24.0 Å². The minimum atomic E-state index is -0.672. The van der Waals surface area contributed by atoms with Gasteiger partial charge in [0.2, 0.25) is 5.96 Å². The lowest BCUT2D eigenvalue weighted by Gasteiger charge is -2.07. The molecule has 0 saturated heterocycles. The molecule has 0 aliphatic rings. The van der Waals surface area contributed by atoms with Crippen LogP contribution in [-0.2, 0) is 0 Å². The van der Waals surface area contributed by atoms with Crippen LogP contribution in [0.3, 0.4) is 0 Å². The second-order valence-electron chi connectivity index (χ2n) is 2.40. The highest BCUT2D eigenvalue weighted by molar-refractivity contribution is 6.02. The van der Waals surface area contributed by atoms with Crippen molar-refractivity contribution in [3.63, 3.8) is 0 Å². The van der Waals surface area contributed by atoms with Crippen molar-refractivity contribution in [3.8, 4) is 0 Å². The van der Waals surface area contributed by atoms with Gasteiger partial charge in [0, 0.05) is 13.2 Å². The Balaban J connectivity index is 2.63. The summed E-state index contributed by atoms with van der Waals surface area (Å²) in [6.45, 7) is 0. The fraction of sp³-hybridized carbons (Fsp3) is 0.125. The molecule has 0 unspecified atom stereocenters. The summed E-state index contributed by atoms with van der Waals surface area (Å²) in [6, 6.07) is 4.67. The number of rotatable bonds is 1. The minimum Gasteiger partial charge on any atom is -0.351 e. The Morgan fingerprint density at radius 1 is 1.57 bits per heavy atom. The van der Waals surface area contributed by atoms with Gasteiger partial charge in [-0.1, -0.05) is 6.07 Å². The predicted octanol–water partition coefficient (Wildman–Crippen LogP) is 0.148. The largest absolute Gasteiger partial charge is 0.351 e. The molecule has 6 heteroatoms. The number of urea groups is 1. The van der Waals surface area contributed by atoms with E-state index >= 15 is 0 Å². The number of pyridine rings is 1. The van der Waals surface area contributed by atoms with E-state index in [1.165, 1.54) is 7.05 Å². The van der Waals surface area contributed by atoms with Crippen LogP contribution in [0.25, 0.3) is 0 Å². The number of hydrogen-bond acceptors (Lipinski definition) is 3.